The fraction of sp³-hybridized carbons (Fsp3) is 0.462. The van der Waals surface area contributed by atoms with Crippen molar-refractivity contribution in [2.75, 3.05) is 5.73 Å². The molecule has 1 atom stereocenters. The maximum atomic E-state index is 12.1. The van der Waals surface area contributed by atoms with E-state index in [2.05, 4.69) is 11.9 Å². The van der Waals surface area contributed by atoms with Gasteiger partial charge in [0.25, 0.3) is 5.91 Å². The van der Waals surface area contributed by atoms with Gasteiger partial charge in [0.2, 0.25) is 0 Å². The predicted molar refractivity (Wildman–Crippen MR) is 68.9 cm³/mol. The van der Waals surface area contributed by atoms with Crippen LogP contribution in [0.1, 0.15) is 42.7 Å². The van der Waals surface area contributed by atoms with E-state index in [1.165, 1.54) is 0 Å². The van der Waals surface area contributed by atoms with Crippen molar-refractivity contribution < 1.29 is 4.79 Å². The van der Waals surface area contributed by atoms with Crippen molar-refractivity contribution in [1.82, 2.24) is 9.88 Å². The molecule has 0 aromatic carbocycles. The zero-order chi connectivity index (χ0) is 12.4. The van der Waals surface area contributed by atoms with Gasteiger partial charge >= 0.3 is 0 Å². The molecule has 0 saturated heterocycles. The molecule has 1 aromatic heterocycles. The molecular formula is C13H19N3O. The maximum absolute atomic E-state index is 12.1. The molecule has 2 rings (SSSR count). The second-order valence-corrected chi connectivity index (χ2v) is 4.70. The normalized spacial score (nSPS) is 16.5. The summed E-state index contributed by atoms with van der Waals surface area (Å²) in [6, 6.07) is 2.31. The van der Waals surface area contributed by atoms with Gasteiger partial charge in [-0.3, -0.25) is 4.79 Å². The van der Waals surface area contributed by atoms with E-state index in [4.69, 9.17) is 5.73 Å². The van der Waals surface area contributed by atoms with E-state index < -0.39 is 0 Å². The van der Waals surface area contributed by atoms with Gasteiger partial charge in [-0.05, 0) is 32.3 Å². The number of nitrogens with zero attached hydrogens (tertiary/aromatic N) is 1. The lowest BCUT2D eigenvalue weighted by molar-refractivity contribution is 0.0931. The molecule has 1 fully saturated rings. The zero-order valence-electron chi connectivity index (χ0n) is 10.1. The van der Waals surface area contributed by atoms with Crippen molar-refractivity contribution in [1.29, 1.82) is 0 Å². The first kappa shape index (κ1) is 11.8. The van der Waals surface area contributed by atoms with Crippen molar-refractivity contribution >= 4 is 11.6 Å². The Hall–Kier alpha value is -1.71. The molecule has 1 aliphatic carbocycles. The van der Waals surface area contributed by atoms with Gasteiger partial charge in [0.15, 0.2) is 0 Å². The number of hydrogen-bond acceptors (Lipinski definition) is 2. The number of hydrogen-bond donors (Lipinski definition) is 2. The lowest BCUT2D eigenvalue weighted by Crippen LogP contribution is -2.33. The summed E-state index contributed by atoms with van der Waals surface area (Å²) in [7, 11) is 0. The number of anilines is 1. The van der Waals surface area contributed by atoms with Crippen molar-refractivity contribution in [3.05, 3.63) is 30.6 Å². The van der Waals surface area contributed by atoms with Crippen LogP contribution < -0.4 is 11.1 Å². The summed E-state index contributed by atoms with van der Waals surface area (Å²) in [5.74, 6) is -0.0528. The van der Waals surface area contributed by atoms with Crippen LogP contribution in [-0.2, 0) is 0 Å². The van der Waals surface area contributed by atoms with Crippen LogP contribution in [0.25, 0.3) is 0 Å². The van der Waals surface area contributed by atoms with Crippen molar-refractivity contribution in [2.24, 2.45) is 0 Å². The molecule has 4 heteroatoms. The van der Waals surface area contributed by atoms with E-state index in [0.717, 1.165) is 19.3 Å². The highest BCUT2D eigenvalue weighted by Crippen LogP contribution is 2.37. The Morgan fingerprint density at radius 3 is 3.06 bits per heavy atom. The first-order valence-electron chi connectivity index (χ1n) is 6.01. The van der Waals surface area contributed by atoms with Crippen LogP contribution in [0.5, 0.6) is 0 Å². The van der Waals surface area contributed by atoms with Gasteiger partial charge in [-0.15, -0.1) is 6.58 Å². The van der Waals surface area contributed by atoms with E-state index in [-0.39, 0.29) is 11.9 Å². The maximum Gasteiger partial charge on any atom is 0.268 e. The van der Waals surface area contributed by atoms with Crippen LogP contribution in [0.3, 0.4) is 0 Å². The molecule has 0 aliphatic heterocycles. The Kier molecular flexibility index (Phi) is 3.22. The molecule has 1 aromatic rings. The molecule has 17 heavy (non-hydrogen) atoms. The molecule has 1 heterocycles. The summed E-state index contributed by atoms with van der Waals surface area (Å²) in [6.07, 6.45) is 6.70. The van der Waals surface area contributed by atoms with Gasteiger partial charge < -0.3 is 15.6 Å². The van der Waals surface area contributed by atoms with Crippen LogP contribution in [0.2, 0.25) is 0 Å². The molecule has 1 aliphatic rings. The largest absolute Gasteiger partial charge is 0.397 e. The first-order chi connectivity index (χ1) is 8.11. The summed E-state index contributed by atoms with van der Waals surface area (Å²) in [5, 5.41) is 2.95. The summed E-state index contributed by atoms with van der Waals surface area (Å²) in [6.45, 7) is 5.63. The highest BCUT2D eigenvalue weighted by atomic mass is 16.2. The topological polar surface area (TPSA) is 60.1 Å². The second kappa shape index (κ2) is 4.65. The minimum Gasteiger partial charge on any atom is -0.397 e. The smallest absolute Gasteiger partial charge is 0.268 e. The molecular weight excluding hydrogens is 214 g/mol. The number of carbonyl (C=O) groups excluding carboxylic acids is 1. The molecule has 1 saturated carbocycles. The highest BCUT2D eigenvalue weighted by Gasteiger charge is 2.27. The minimum atomic E-state index is -0.0528. The van der Waals surface area contributed by atoms with Crippen LogP contribution in [0, 0.1) is 0 Å². The van der Waals surface area contributed by atoms with Gasteiger partial charge in [-0.2, -0.15) is 0 Å². The Morgan fingerprint density at radius 1 is 1.76 bits per heavy atom. The predicted octanol–water partition coefficient (Wildman–Crippen LogP) is 2.10. The number of aromatic nitrogens is 1. The van der Waals surface area contributed by atoms with Gasteiger partial charge in [-0.25, -0.2) is 0 Å². The third-order valence-corrected chi connectivity index (χ3v) is 2.94. The molecule has 1 amide bonds. The SMILES string of the molecule is C=CCC(C)NC(=O)c1cc(N)cn1C1CC1. The van der Waals surface area contributed by atoms with Crippen LogP contribution in [0.4, 0.5) is 5.69 Å². The van der Waals surface area contributed by atoms with E-state index in [0.29, 0.717) is 17.4 Å². The molecule has 1 unspecified atom stereocenters. The quantitative estimate of drug-likeness (QED) is 0.765. The Bertz CT molecular complexity index is 432. The molecule has 92 valence electrons. The highest BCUT2D eigenvalue weighted by molar-refractivity contribution is 5.94. The van der Waals surface area contributed by atoms with Crippen molar-refractivity contribution in [2.45, 2.75) is 38.3 Å². The lowest BCUT2D eigenvalue weighted by Gasteiger charge is -2.13. The van der Waals surface area contributed by atoms with E-state index in [1.807, 2.05) is 17.7 Å². The summed E-state index contributed by atoms with van der Waals surface area (Å²) >= 11 is 0. The van der Waals surface area contributed by atoms with Crippen molar-refractivity contribution in [3.63, 3.8) is 0 Å². The fourth-order valence-corrected chi connectivity index (χ4v) is 1.94. The molecule has 4 nitrogen and oxygen atoms in total. The van der Waals surface area contributed by atoms with Gasteiger partial charge in [0.05, 0.1) is 5.69 Å². The summed E-state index contributed by atoms with van der Waals surface area (Å²) < 4.78 is 1.99. The molecule has 0 spiro atoms. The number of nitrogen functional groups attached to an aromatic ring is 1. The number of nitrogens with one attached hydrogen (secondary N) is 1. The average molecular weight is 233 g/mol. The zero-order valence-corrected chi connectivity index (χ0v) is 10.1. The number of nitrogens with two attached hydrogens (primary N) is 1. The Morgan fingerprint density at radius 2 is 2.47 bits per heavy atom. The minimum absolute atomic E-state index is 0.0528. The second-order valence-electron chi connectivity index (χ2n) is 4.70. The molecule has 0 bridgehead atoms. The average Bonchev–Trinajstić information content (AvgIpc) is 3.02. The van der Waals surface area contributed by atoms with Crippen LogP contribution >= 0.6 is 0 Å². The van der Waals surface area contributed by atoms with Gasteiger partial charge in [-0.1, -0.05) is 6.08 Å². The van der Waals surface area contributed by atoms with Gasteiger partial charge in [0, 0.05) is 18.3 Å². The van der Waals surface area contributed by atoms with Crippen LogP contribution in [-0.4, -0.2) is 16.5 Å². The standard InChI is InChI=1S/C13H19N3O/c1-3-4-9(2)15-13(17)12-7-10(14)8-16(12)11-5-6-11/h3,7-9,11H,1,4-6,14H2,2H3,(H,15,17). The number of rotatable bonds is 5. The molecule has 0 radical (unpaired) electrons. The van der Waals surface area contributed by atoms with Gasteiger partial charge in [0.1, 0.15) is 5.69 Å². The molecule has 3 N–H and O–H groups in total. The van der Waals surface area contributed by atoms with Crippen LogP contribution in [0.15, 0.2) is 24.9 Å². The number of carbonyl (C=O) groups is 1. The van der Waals surface area contributed by atoms with E-state index >= 15 is 0 Å². The third-order valence-electron chi connectivity index (χ3n) is 2.94. The Labute approximate surface area is 101 Å². The Balaban J connectivity index is 2.10. The number of amides is 1. The summed E-state index contributed by atoms with van der Waals surface area (Å²) in [5.41, 5.74) is 7.07. The van der Waals surface area contributed by atoms with E-state index in [1.54, 1.807) is 12.1 Å². The fourth-order valence-electron chi connectivity index (χ4n) is 1.94. The summed E-state index contributed by atoms with van der Waals surface area (Å²) in [4.78, 5) is 12.1. The lowest BCUT2D eigenvalue weighted by atomic mass is 10.2. The monoisotopic (exact) mass is 233 g/mol. The third kappa shape index (κ3) is 2.70. The first-order valence-corrected chi connectivity index (χ1v) is 6.01. The van der Waals surface area contributed by atoms with E-state index in [9.17, 15) is 4.79 Å². The van der Waals surface area contributed by atoms with Crippen molar-refractivity contribution in [3.8, 4) is 0 Å².